The van der Waals surface area contributed by atoms with E-state index in [2.05, 4.69) is 21.2 Å². The van der Waals surface area contributed by atoms with Gasteiger partial charge in [-0.25, -0.2) is 0 Å². The van der Waals surface area contributed by atoms with E-state index in [1.807, 2.05) is 13.0 Å². The zero-order valence-corrected chi connectivity index (χ0v) is 12.4. The summed E-state index contributed by atoms with van der Waals surface area (Å²) in [6.45, 7) is 1.97. The van der Waals surface area contributed by atoms with Crippen molar-refractivity contribution in [2.45, 2.75) is 30.1 Å². The Morgan fingerprint density at radius 3 is 2.69 bits per heavy atom. The number of aryl methyl sites for hydroxylation is 1. The van der Waals surface area contributed by atoms with Crippen molar-refractivity contribution in [1.82, 2.24) is 5.32 Å². The highest BCUT2D eigenvalue weighted by Gasteiger charge is 2.41. The maximum absolute atomic E-state index is 11.9. The quantitative estimate of drug-likeness (QED) is 0.812. The van der Waals surface area contributed by atoms with Crippen LogP contribution < -0.4 is 5.32 Å². The van der Waals surface area contributed by atoms with E-state index in [9.17, 15) is 4.79 Å². The lowest BCUT2D eigenvalue weighted by Crippen LogP contribution is -2.49. The number of rotatable bonds is 2. The number of halogens is 3. The van der Waals surface area contributed by atoms with Gasteiger partial charge in [0.25, 0.3) is 5.91 Å². The molecule has 0 spiro atoms. The monoisotopic (exact) mass is 341 g/mol. The molecule has 0 aliphatic heterocycles. The summed E-state index contributed by atoms with van der Waals surface area (Å²) in [6, 6.07) is 1.96. The summed E-state index contributed by atoms with van der Waals surface area (Å²) in [5.41, 5.74) is 0.684. The molecule has 2 nitrogen and oxygen atoms in total. The highest BCUT2D eigenvalue weighted by molar-refractivity contribution is 9.11. The van der Waals surface area contributed by atoms with Crippen LogP contribution in [0.1, 0.15) is 28.1 Å². The number of carbonyl (C=O) groups excluding carboxylic acids is 1. The molecule has 0 saturated heterocycles. The molecule has 6 heteroatoms. The summed E-state index contributed by atoms with van der Waals surface area (Å²) in [6.07, 6.45) is 1.23. The third-order valence-electron chi connectivity index (χ3n) is 2.48. The van der Waals surface area contributed by atoms with E-state index in [0.29, 0.717) is 18.4 Å². The molecular formula is C10H10BrCl2NOS. The number of nitrogens with one attached hydrogen (secondary N) is 1. The van der Waals surface area contributed by atoms with Crippen LogP contribution in [0.25, 0.3) is 0 Å². The van der Waals surface area contributed by atoms with Gasteiger partial charge in [0.05, 0.1) is 9.35 Å². The molecule has 1 aromatic rings. The largest absolute Gasteiger partial charge is 0.349 e. The highest BCUT2D eigenvalue weighted by atomic mass is 79.9. The topological polar surface area (TPSA) is 29.1 Å². The molecule has 1 N–H and O–H groups in total. The van der Waals surface area contributed by atoms with Crippen molar-refractivity contribution in [2.24, 2.45) is 0 Å². The fraction of sp³-hybridized carbons (Fsp3) is 0.500. The summed E-state index contributed by atoms with van der Waals surface area (Å²) in [5, 5.41) is 2.91. The lowest BCUT2D eigenvalue weighted by Gasteiger charge is -2.38. The van der Waals surface area contributed by atoms with Gasteiger partial charge in [-0.1, -0.05) is 0 Å². The van der Waals surface area contributed by atoms with Gasteiger partial charge < -0.3 is 5.32 Å². The van der Waals surface area contributed by atoms with Crippen LogP contribution in [0, 0.1) is 6.92 Å². The first-order valence-electron chi connectivity index (χ1n) is 4.82. The lowest BCUT2D eigenvalue weighted by molar-refractivity contribution is 0.0914. The molecule has 1 heterocycles. The van der Waals surface area contributed by atoms with E-state index in [4.69, 9.17) is 23.2 Å². The Labute approximate surface area is 116 Å². The van der Waals surface area contributed by atoms with Gasteiger partial charge in [0, 0.05) is 23.8 Å². The summed E-state index contributed by atoms with van der Waals surface area (Å²) in [7, 11) is 0. The van der Waals surface area contributed by atoms with Crippen molar-refractivity contribution in [1.29, 1.82) is 0 Å². The zero-order chi connectivity index (χ0) is 11.9. The molecule has 1 amide bonds. The van der Waals surface area contributed by atoms with Gasteiger partial charge in [0.1, 0.15) is 4.33 Å². The predicted molar refractivity (Wildman–Crippen MR) is 71.7 cm³/mol. The second kappa shape index (κ2) is 4.48. The molecule has 0 radical (unpaired) electrons. The van der Waals surface area contributed by atoms with Crippen LogP contribution in [0.2, 0.25) is 0 Å². The molecule has 0 aromatic carbocycles. The van der Waals surface area contributed by atoms with Crippen LogP contribution in [-0.4, -0.2) is 16.3 Å². The Bertz CT molecular complexity index is 424. The molecule has 0 bridgehead atoms. The molecule has 1 fully saturated rings. The van der Waals surface area contributed by atoms with Crippen LogP contribution in [0.4, 0.5) is 0 Å². The van der Waals surface area contributed by atoms with Gasteiger partial charge in [0.2, 0.25) is 0 Å². The summed E-state index contributed by atoms with van der Waals surface area (Å²) in [5.74, 6) is -0.0648. The van der Waals surface area contributed by atoms with Crippen LogP contribution in [-0.2, 0) is 0 Å². The van der Waals surface area contributed by atoms with Crippen molar-refractivity contribution < 1.29 is 4.79 Å². The number of carbonyl (C=O) groups is 1. The first kappa shape index (κ1) is 12.7. The maximum atomic E-state index is 11.9. The van der Waals surface area contributed by atoms with E-state index in [1.165, 1.54) is 0 Å². The molecule has 1 saturated carbocycles. The van der Waals surface area contributed by atoms with Crippen molar-refractivity contribution >= 4 is 56.4 Å². The van der Waals surface area contributed by atoms with Crippen molar-refractivity contribution in [3.8, 4) is 0 Å². The second-order valence-corrected chi connectivity index (χ2v) is 8.19. The Morgan fingerprint density at radius 2 is 2.25 bits per heavy atom. The number of alkyl halides is 2. The van der Waals surface area contributed by atoms with Crippen LogP contribution in [0.3, 0.4) is 0 Å². The van der Waals surface area contributed by atoms with E-state index in [-0.39, 0.29) is 11.9 Å². The van der Waals surface area contributed by atoms with Gasteiger partial charge >= 0.3 is 0 Å². The van der Waals surface area contributed by atoms with Crippen molar-refractivity contribution in [2.75, 3.05) is 0 Å². The molecule has 0 atom stereocenters. The Morgan fingerprint density at radius 1 is 1.62 bits per heavy atom. The lowest BCUT2D eigenvalue weighted by atomic mass is 9.91. The number of hydrogen-bond donors (Lipinski definition) is 1. The minimum Gasteiger partial charge on any atom is -0.349 e. The Kier molecular flexibility index (Phi) is 3.55. The average Bonchev–Trinajstić information content (AvgIpc) is 2.42. The fourth-order valence-electron chi connectivity index (χ4n) is 1.67. The van der Waals surface area contributed by atoms with Crippen LogP contribution in [0.5, 0.6) is 0 Å². The minimum atomic E-state index is -0.653. The predicted octanol–water partition coefficient (Wildman–Crippen LogP) is 3.89. The van der Waals surface area contributed by atoms with E-state index in [1.54, 1.807) is 11.3 Å². The van der Waals surface area contributed by atoms with Crippen molar-refractivity contribution in [3.05, 3.63) is 20.3 Å². The third-order valence-corrected chi connectivity index (χ3v) is 4.85. The molecular weight excluding hydrogens is 333 g/mol. The molecule has 2 rings (SSSR count). The summed E-state index contributed by atoms with van der Waals surface area (Å²) >= 11 is 16.7. The molecule has 1 aromatic heterocycles. The van der Waals surface area contributed by atoms with Gasteiger partial charge in [-0.05, 0) is 28.9 Å². The van der Waals surface area contributed by atoms with Crippen molar-refractivity contribution in [3.63, 3.8) is 0 Å². The van der Waals surface area contributed by atoms with Gasteiger partial charge in [-0.3, -0.25) is 4.79 Å². The SMILES string of the molecule is Cc1cc(C(=O)NC2CC(Cl)(Cl)C2)c(Br)s1. The molecule has 1 aliphatic rings. The standard InChI is InChI=1S/C10H10BrCl2NOS/c1-5-2-7(8(11)16-5)9(15)14-6-3-10(12,13)4-6/h2,6H,3-4H2,1H3,(H,14,15). The average molecular weight is 343 g/mol. The molecule has 1 aliphatic carbocycles. The molecule has 16 heavy (non-hydrogen) atoms. The highest BCUT2D eigenvalue weighted by Crippen LogP contribution is 2.42. The van der Waals surface area contributed by atoms with E-state index >= 15 is 0 Å². The Balaban J connectivity index is 1.97. The van der Waals surface area contributed by atoms with E-state index < -0.39 is 4.33 Å². The van der Waals surface area contributed by atoms with E-state index in [0.717, 1.165) is 8.66 Å². The first-order valence-corrected chi connectivity index (χ1v) is 7.18. The Hall–Kier alpha value is 0.230. The first-order chi connectivity index (χ1) is 7.37. The number of thiophene rings is 1. The van der Waals surface area contributed by atoms with Gasteiger partial charge in [-0.2, -0.15) is 0 Å². The van der Waals surface area contributed by atoms with Gasteiger partial charge in [-0.15, -0.1) is 34.5 Å². The minimum absolute atomic E-state index is 0.0648. The molecule has 0 unspecified atom stereocenters. The second-order valence-electron chi connectivity index (χ2n) is 3.98. The summed E-state index contributed by atoms with van der Waals surface area (Å²) in [4.78, 5) is 13.0. The number of hydrogen-bond acceptors (Lipinski definition) is 2. The molecule has 88 valence electrons. The number of amides is 1. The maximum Gasteiger partial charge on any atom is 0.253 e. The fourth-order valence-corrected chi connectivity index (χ4v) is 4.19. The smallest absolute Gasteiger partial charge is 0.253 e. The summed E-state index contributed by atoms with van der Waals surface area (Å²) < 4.78 is 0.213. The van der Waals surface area contributed by atoms with Crippen LogP contribution >= 0.6 is 50.5 Å². The van der Waals surface area contributed by atoms with Gasteiger partial charge in [0.15, 0.2) is 0 Å². The zero-order valence-electron chi connectivity index (χ0n) is 8.52. The third kappa shape index (κ3) is 2.73. The van der Waals surface area contributed by atoms with Crippen LogP contribution in [0.15, 0.2) is 9.85 Å². The normalized spacial score (nSPS) is 19.2.